The molecule has 0 saturated heterocycles. The first kappa shape index (κ1) is 52.1. The average molecular weight is 1010 g/mol. The van der Waals surface area contributed by atoms with Crippen LogP contribution in [0.1, 0.15) is 23.1 Å². The predicted molar refractivity (Wildman–Crippen MR) is 248 cm³/mol. The first-order valence-corrected chi connectivity index (χ1v) is 21.9. The number of halogens is 9. The molecule has 0 bridgehead atoms. The Labute approximate surface area is 405 Å². The Morgan fingerprint density at radius 1 is 0.597 bits per heavy atom. The van der Waals surface area contributed by atoms with E-state index in [2.05, 4.69) is 0 Å². The van der Waals surface area contributed by atoms with Gasteiger partial charge in [-0.2, -0.15) is 44.1 Å². The van der Waals surface area contributed by atoms with Crippen molar-refractivity contribution < 1.29 is 77.8 Å². The molecule has 11 nitrogen and oxygen atoms in total. The number of aliphatic hydroxyl groups is 1. The van der Waals surface area contributed by atoms with E-state index >= 15 is 0 Å². The molecule has 0 aliphatic rings. The smallest absolute Gasteiger partial charge is 0.471 e. The summed E-state index contributed by atoms with van der Waals surface area (Å²) in [5.41, 5.74) is 0.200. The van der Waals surface area contributed by atoms with E-state index in [4.69, 9.17) is 14.2 Å². The highest BCUT2D eigenvalue weighted by molar-refractivity contribution is 6.11. The van der Waals surface area contributed by atoms with E-state index in [1.54, 1.807) is 120 Å². The molecule has 1 unspecified atom stereocenters. The summed E-state index contributed by atoms with van der Waals surface area (Å²) in [7, 11) is 2.97. The molecule has 1 aromatic heterocycles. The van der Waals surface area contributed by atoms with E-state index in [0.717, 1.165) is 6.07 Å². The molecule has 0 spiro atoms. The van der Waals surface area contributed by atoms with Gasteiger partial charge in [-0.3, -0.25) is 14.4 Å². The molecule has 3 amide bonds. The van der Waals surface area contributed by atoms with Crippen LogP contribution in [0.15, 0.2) is 146 Å². The lowest BCUT2D eigenvalue weighted by Crippen LogP contribution is -2.48. The molecule has 0 saturated carbocycles. The Morgan fingerprint density at radius 3 is 1.58 bits per heavy atom. The van der Waals surface area contributed by atoms with Crippen molar-refractivity contribution in [1.82, 2.24) is 4.90 Å². The van der Waals surface area contributed by atoms with Crippen molar-refractivity contribution in [3.05, 3.63) is 162 Å². The molecule has 1 atom stereocenters. The fourth-order valence-electron chi connectivity index (χ4n) is 8.40. The number of methoxy groups -OCH3 is 2. The number of ether oxygens (including phenoxy) is 3. The summed E-state index contributed by atoms with van der Waals surface area (Å²) in [5.74, 6) is -5.87. The van der Waals surface area contributed by atoms with Gasteiger partial charge in [0.2, 0.25) is 11.2 Å². The van der Waals surface area contributed by atoms with Crippen LogP contribution in [-0.2, 0) is 31.3 Å². The summed E-state index contributed by atoms with van der Waals surface area (Å²) in [4.78, 5) is 37.7. The maximum atomic E-state index is 14.4. The van der Waals surface area contributed by atoms with Gasteiger partial charge in [0.15, 0.2) is 6.54 Å². The Balaban J connectivity index is 1.27. The lowest BCUT2D eigenvalue weighted by atomic mass is 9.80. The van der Waals surface area contributed by atoms with E-state index in [1.807, 2.05) is 0 Å². The number of benzene rings is 6. The van der Waals surface area contributed by atoms with Gasteiger partial charge in [-0.05, 0) is 77.4 Å². The highest BCUT2D eigenvalue weighted by atomic mass is 19.4. The van der Waals surface area contributed by atoms with Gasteiger partial charge < -0.3 is 34.9 Å². The third-order valence-electron chi connectivity index (χ3n) is 11.6. The second-order valence-corrected chi connectivity index (χ2v) is 16.3. The molecule has 3 N–H and O–H groups in total. The number of anilines is 2. The Hall–Kier alpha value is -7.71. The number of alkyl halides is 9. The molecule has 0 fully saturated rings. The molecule has 20 heteroatoms. The SMILES string of the molecule is COc1ccc(C(OCC(O)CN(CCC[n+]2c(-c3ccccc3)c3cc(NC(=O)C(F)(F)F)ccc3c3ccc(NC(=O)C(F)(F)F)cc32)C(=O)C(F)(F)F)(c2ccccc2)c2ccc(OC)cc2)cc1. The second kappa shape index (κ2) is 21.3. The van der Waals surface area contributed by atoms with Crippen molar-refractivity contribution in [3.63, 3.8) is 0 Å². The minimum Gasteiger partial charge on any atom is -0.497 e. The number of aryl methyl sites for hydroxylation is 1. The van der Waals surface area contributed by atoms with E-state index in [9.17, 15) is 59.0 Å². The number of aromatic nitrogens is 1. The van der Waals surface area contributed by atoms with Gasteiger partial charge in [-0.15, -0.1) is 0 Å². The number of fused-ring (bicyclic) bond motifs is 3. The fraction of sp³-hybridized carbons (Fsp3) is 0.231. The van der Waals surface area contributed by atoms with Crippen LogP contribution in [0.2, 0.25) is 0 Å². The van der Waals surface area contributed by atoms with E-state index in [1.165, 1.54) is 49.1 Å². The van der Waals surface area contributed by atoms with Crippen molar-refractivity contribution in [2.75, 3.05) is 44.5 Å². The maximum absolute atomic E-state index is 14.4. The van der Waals surface area contributed by atoms with E-state index in [-0.39, 0.29) is 46.3 Å². The van der Waals surface area contributed by atoms with Crippen molar-refractivity contribution in [1.29, 1.82) is 0 Å². The zero-order valence-corrected chi connectivity index (χ0v) is 38.2. The van der Waals surface area contributed by atoms with Crippen LogP contribution in [0, 0.1) is 0 Å². The minimum absolute atomic E-state index is 0.116. The molecule has 0 aliphatic heterocycles. The molecule has 1 heterocycles. The number of carbonyl (C=O) groups is 3. The van der Waals surface area contributed by atoms with Gasteiger partial charge in [0, 0.05) is 47.9 Å². The Kier molecular flexibility index (Phi) is 15.4. The molecule has 7 rings (SSSR count). The number of rotatable bonds is 17. The average Bonchev–Trinajstić information content (AvgIpc) is 3.36. The normalized spacial score (nSPS) is 12.6. The van der Waals surface area contributed by atoms with Crippen molar-refractivity contribution >= 4 is 50.8 Å². The topological polar surface area (TPSA) is 130 Å². The summed E-state index contributed by atoms with van der Waals surface area (Å²) < 4.78 is 143. The molecule has 0 aliphatic carbocycles. The van der Waals surface area contributed by atoms with Crippen LogP contribution in [0.25, 0.3) is 32.9 Å². The van der Waals surface area contributed by atoms with Gasteiger partial charge in [0.05, 0.1) is 37.7 Å². The zero-order valence-electron chi connectivity index (χ0n) is 38.2. The van der Waals surface area contributed by atoms with Crippen LogP contribution < -0.4 is 24.7 Å². The summed E-state index contributed by atoms with van der Waals surface area (Å²) >= 11 is 0. The molecule has 6 aromatic carbocycles. The summed E-state index contributed by atoms with van der Waals surface area (Å²) in [6, 6.07) is 38.0. The number of nitrogens with one attached hydrogen (secondary N) is 2. The van der Waals surface area contributed by atoms with Gasteiger partial charge >= 0.3 is 36.3 Å². The highest BCUT2D eigenvalue weighted by Gasteiger charge is 2.44. The van der Waals surface area contributed by atoms with Crippen LogP contribution in [0.4, 0.5) is 50.9 Å². The summed E-state index contributed by atoms with van der Waals surface area (Å²) in [5, 5.41) is 16.0. The lowest BCUT2D eigenvalue weighted by Gasteiger charge is -2.37. The third kappa shape index (κ3) is 11.6. The molecule has 72 heavy (non-hydrogen) atoms. The highest BCUT2D eigenvalue weighted by Crippen LogP contribution is 2.42. The third-order valence-corrected chi connectivity index (χ3v) is 11.6. The zero-order chi connectivity index (χ0) is 52.0. The van der Waals surface area contributed by atoms with Gasteiger partial charge in [0.1, 0.15) is 17.1 Å². The largest absolute Gasteiger partial charge is 0.497 e. The molecular formula is C52H44F9N4O7+. The minimum atomic E-state index is -5.43. The lowest BCUT2D eigenvalue weighted by molar-refractivity contribution is -0.659. The second-order valence-electron chi connectivity index (χ2n) is 16.3. The summed E-state index contributed by atoms with van der Waals surface area (Å²) in [6.07, 6.45) is -18.1. The van der Waals surface area contributed by atoms with E-state index in [0.29, 0.717) is 44.0 Å². The first-order chi connectivity index (χ1) is 34.1. The predicted octanol–water partition coefficient (Wildman–Crippen LogP) is 10.1. The van der Waals surface area contributed by atoms with Gasteiger partial charge in [0.25, 0.3) is 0 Å². The number of amides is 3. The van der Waals surface area contributed by atoms with Crippen LogP contribution in [0.3, 0.4) is 0 Å². The van der Waals surface area contributed by atoms with Gasteiger partial charge in [-0.1, -0.05) is 78.9 Å². The molecule has 7 aromatic rings. The number of hydrogen-bond acceptors (Lipinski definition) is 7. The van der Waals surface area contributed by atoms with Crippen LogP contribution >= 0.6 is 0 Å². The van der Waals surface area contributed by atoms with Crippen LogP contribution in [-0.4, -0.2) is 86.3 Å². The van der Waals surface area contributed by atoms with Crippen molar-refractivity contribution in [2.45, 2.75) is 43.2 Å². The Bertz CT molecular complexity index is 3000. The van der Waals surface area contributed by atoms with Crippen molar-refractivity contribution in [3.8, 4) is 22.8 Å². The number of nitrogens with zero attached hydrogens (tertiary/aromatic N) is 2. The van der Waals surface area contributed by atoms with Crippen molar-refractivity contribution in [2.24, 2.45) is 0 Å². The number of carbonyl (C=O) groups excluding carboxylic acids is 3. The number of aliphatic hydroxyl groups excluding tert-OH is 1. The van der Waals surface area contributed by atoms with Gasteiger partial charge in [-0.25, -0.2) is 0 Å². The number of hydrogen-bond donors (Lipinski definition) is 3. The summed E-state index contributed by atoms with van der Waals surface area (Å²) in [6.45, 7) is -2.52. The monoisotopic (exact) mass is 1010 g/mol. The fourth-order valence-corrected chi connectivity index (χ4v) is 8.40. The maximum Gasteiger partial charge on any atom is 0.471 e. The first-order valence-electron chi connectivity index (χ1n) is 21.9. The standard InChI is InChI=1S/C52H43F9N4O7/c1-70-39-20-14-34(15-21-39)49(33-12-7-4-8-13-33,35-16-22-40(71-2)23-17-35)72-31-38(66)30-64(48(69)52(59,60)61)26-9-27-65-44-29-37(63-47(68)51(56,57)58)19-25-42(44)41-24-18-36(62-46(67)50(53,54)55)28-43(41)45(65)32-10-5-3-6-11-32/h3-8,10-25,28-29,38,66H,9,26-27,30-31H2,1-2H3,(H,62,67)/p+1. The van der Waals surface area contributed by atoms with E-state index < -0.39 is 67.7 Å². The molecule has 376 valence electrons. The molecular weight excluding hydrogens is 964 g/mol. The van der Waals surface area contributed by atoms with Crippen LogP contribution in [0.5, 0.6) is 11.5 Å². The Morgan fingerprint density at radius 2 is 1.08 bits per heavy atom. The number of pyridine rings is 1. The molecule has 0 radical (unpaired) electrons. The quantitative estimate of drug-likeness (QED) is 0.0359.